The normalized spacial score (nSPS) is 17.1. The van der Waals surface area contributed by atoms with E-state index in [1.54, 1.807) is 23.1 Å². The number of ether oxygens (including phenoxy) is 1. The molecule has 1 fully saturated rings. The second-order valence-corrected chi connectivity index (χ2v) is 8.99. The first-order chi connectivity index (χ1) is 14.4. The van der Waals surface area contributed by atoms with Crippen LogP contribution in [0.5, 0.6) is 0 Å². The highest BCUT2D eigenvalue weighted by molar-refractivity contribution is 7.92. The minimum atomic E-state index is -4.14. The maximum Gasteiger partial charge on any atom is 0.262 e. The molecular weight excluding hydrogens is 428 g/mol. The molecule has 0 saturated carbocycles. The molecule has 3 aromatic rings. The molecule has 1 atom stereocenters. The Labute approximate surface area is 178 Å². The van der Waals surface area contributed by atoms with Crippen molar-refractivity contribution in [3.05, 3.63) is 59.4 Å². The number of nitrogens with zero attached hydrogens (tertiary/aromatic N) is 3. The van der Waals surface area contributed by atoms with E-state index < -0.39 is 10.0 Å². The summed E-state index contributed by atoms with van der Waals surface area (Å²) in [5, 5.41) is 0.208. The number of carbonyl (C=O) groups excluding carboxylic acids is 1. The van der Waals surface area contributed by atoms with Crippen LogP contribution in [-0.4, -0.2) is 55.0 Å². The Morgan fingerprint density at radius 2 is 2.03 bits per heavy atom. The van der Waals surface area contributed by atoms with Gasteiger partial charge in [-0.3, -0.25) is 19.5 Å². The minimum Gasteiger partial charge on any atom is -0.377 e. The molecule has 156 valence electrons. The molecule has 0 bridgehead atoms. The van der Waals surface area contributed by atoms with E-state index in [0.717, 1.165) is 0 Å². The van der Waals surface area contributed by atoms with Crippen molar-refractivity contribution in [3.63, 3.8) is 0 Å². The number of hydrogen-bond donors (Lipinski definition) is 1. The molecule has 1 aliphatic rings. The SMILES string of the molecule is C[C@H]1COCCN1C(=O)c1ccc(Cl)cc1S(=O)(=O)Nc1cccc2nccnc12. The van der Waals surface area contributed by atoms with Crippen molar-refractivity contribution in [1.82, 2.24) is 14.9 Å². The van der Waals surface area contributed by atoms with Crippen LogP contribution >= 0.6 is 11.6 Å². The molecule has 0 unspecified atom stereocenters. The molecule has 2 heterocycles. The predicted octanol–water partition coefficient (Wildman–Crippen LogP) is 2.94. The second-order valence-electron chi connectivity index (χ2n) is 6.90. The number of hydrogen-bond acceptors (Lipinski definition) is 6. The molecule has 1 N–H and O–H groups in total. The maximum atomic E-state index is 13.3. The highest BCUT2D eigenvalue weighted by atomic mass is 35.5. The van der Waals surface area contributed by atoms with Gasteiger partial charge in [-0.15, -0.1) is 0 Å². The summed E-state index contributed by atoms with van der Waals surface area (Å²) in [6.07, 6.45) is 3.01. The van der Waals surface area contributed by atoms with Crippen molar-refractivity contribution in [2.75, 3.05) is 24.5 Å². The van der Waals surface area contributed by atoms with Gasteiger partial charge in [0.1, 0.15) is 10.4 Å². The average molecular weight is 447 g/mol. The van der Waals surface area contributed by atoms with E-state index in [1.165, 1.54) is 30.6 Å². The fourth-order valence-corrected chi connectivity index (χ4v) is 4.88. The van der Waals surface area contributed by atoms with Crippen LogP contribution in [0.4, 0.5) is 5.69 Å². The molecule has 0 spiro atoms. The van der Waals surface area contributed by atoms with Crippen LogP contribution in [0.15, 0.2) is 53.7 Å². The van der Waals surface area contributed by atoms with Gasteiger partial charge in [-0.25, -0.2) is 8.42 Å². The van der Waals surface area contributed by atoms with Crippen molar-refractivity contribution < 1.29 is 17.9 Å². The first-order valence-electron chi connectivity index (χ1n) is 9.27. The van der Waals surface area contributed by atoms with E-state index in [0.29, 0.717) is 30.8 Å². The Kier molecular flexibility index (Phi) is 5.59. The van der Waals surface area contributed by atoms with Gasteiger partial charge in [-0.1, -0.05) is 17.7 Å². The van der Waals surface area contributed by atoms with Crippen molar-refractivity contribution in [1.29, 1.82) is 0 Å². The molecular formula is C20H19ClN4O4S. The lowest BCUT2D eigenvalue weighted by atomic mass is 10.1. The number of para-hydroxylation sites is 1. The second kappa shape index (κ2) is 8.17. The van der Waals surface area contributed by atoms with Gasteiger partial charge in [-0.05, 0) is 37.3 Å². The Morgan fingerprint density at radius 3 is 2.83 bits per heavy atom. The summed E-state index contributed by atoms with van der Waals surface area (Å²) in [6.45, 7) is 3.04. The van der Waals surface area contributed by atoms with Crippen molar-refractivity contribution in [3.8, 4) is 0 Å². The zero-order valence-electron chi connectivity index (χ0n) is 16.1. The number of sulfonamides is 1. The molecule has 10 heteroatoms. The number of amides is 1. The number of anilines is 1. The van der Waals surface area contributed by atoms with Crippen LogP contribution in [0, 0.1) is 0 Å². The van der Waals surface area contributed by atoms with Gasteiger partial charge in [0.15, 0.2) is 0 Å². The molecule has 0 radical (unpaired) electrons. The molecule has 4 rings (SSSR count). The van der Waals surface area contributed by atoms with Gasteiger partial charge in [-0.2, -0.15) is 0 Å². The Balaban J connectivity index is 1.75. The standard InChI is InChI=1S/C20H19ClN4O4S/c1-13-12-29-10-9-25(13)20(26)15-6-5-14(21)11-18(15)30(27,28)24-17-4-2-3-16-19(17)23-8-7-22-16/h2-8,11,13,24H,9-10,12H2,1H3/t13-/m0/s1. The van der Waals surface area contributed by atoms with E-state index in [-0.39, 0.29) is 33.1 Å². The predicted molar refractivity (Wildman–Crippen MR) is 113 cm³/mol. The van der Waals surface area contributed by atoms with Gasteiger partial charge in [0, 0.05) is 24.0 Å². The van der Waals surface area contributed by atoms with E-state index in [9.17, 15) is 13.2 Å². The Hall–Kier alpha value is -2.75. The highest BCUT2D eigenvalue weighted by Gasteiger charge is 2.30. The summed E-state index contributed by atoms with van der Waals surface area (Å²) in [5.74, 6) is -0.388. The number of morpholine rings is 1. The summed E-state index contributed by atoms with van der Waals surface area (Å²) in [5.41, 5.74) is 1.26. The summed E-state index contributed by atoms with van der Waals surface area (Å²) in [7, 11) is -4.14. The lowest BCUT2D eigenvalue weighted by molar-refractivity contribution is 0.00339. The number of fused-ring (bicyclic) bond motifs is 1. The quantitative estimate of drug-likeness (QED) is 0.661. The van der Waals surface area contributed by atoms with E-state index in [2.05, 4.69) is 14.7 Å². The fraction of sp³-hybridized carbons (Fsp3) is 0.250. The van der Waals surface area contributed by atoms with Crippen LogP contribution in [-0.2, 0) is 14.8 Å². The van der Waals surface area contributed by atoms with Crippen LogP contribution in [0.3, 0.4) is 0 Å². The molecule has 30 heavy (non-hydrogen) atoms. The topological polar surface area (TPSA) is 101 Å². The zero-order valence-corrected chi connectivity index (χ0v) is 17.7. The molecule has 1 aromatic heterocycles. The number of carbonyl (C=O) groups is 1. The monoisotopic (exact) mass is 446 g/mol. The number of aromatic nitrogens is 2. The molecule has 1 amide bonds. The van der Waals surface area contributed by atoms with Crippen LogP contribution in [0.25, 0.3) is 11.0 Å². The van der Waals surface area contributed by atoms with Crippen molar-refractivity contribution in [2.45, 2.75) is 17.9 Å². The zero-order chi connectivity index (χ0) is 21.3. The lowest BCUT2D eigenvalue weighted by Crippen LogP contribution is -2.47. The van der Waals surface area contributed by atoms with Gasteiger partial charge >= 0.3 is 0 Å². The molecule has 1 saturated heterocycles. The van der Waals surface area contributed by atoms with Gasteiger partial charge in [0.05, 0.1) is 36.0 Å². The van der Waals surface area contributed by atoms with E-state index in [4.69, 9.17) is 16.3 Å². The summed E-state index contributed by atoms with van der Waals surface area (Å²) in [6, 6.07) is 9.04. The summed E-state index contributed by atoms with van der Waals surface area (Å²) in [4.78, 5) is 23.0. The third-order valence-corrected chi connectivity index (χ3v) is 6.48. The van der Waals surface area contributed by atoms with Gasteiger partial charge in [0.2, 0.25) is 0 Å². The van der Waals surface area contributed by atoms with Crippen LogP contribution < -0.4 is 4.72 Å². The van der Waals surface area contributed by atoms with Gasteiger partial charge in [0.25, 0.3) is 15.9 Å². The summed E-state index contributed by atoms with van der Waals surface area (Å²) >= 11 is 6.08. The molecule has 8 nitrogen and oxygen atoms in total. The highest BCUT2D eigenvalue weighted by Crippen LogP contribution is 2.27. The fourth-order valence-electron chi connectivity index (χ4n) is 3.35. The number of rotatable bonds is 4. The average Bonchev–Trinajstić information content (AvgIpc) is 2.74. The number of halogens is 1. The molecule has 1 aliphatic heterocycles. The van der Waals surface area contributed by atoms with Crippen molar-refractivity contribution >= 4 is 44.3 Å². The van der Waals surface area contributed by atoms with Gasteiger partial charge < -0.3 is 9.64 Å². The lowest BCUT2D eigenvalue weighted by Gasteiger charge is -2.33. The minimum absolute atomic E-state index is 0.0481. The Morgan fingerprint density at radius 1 is 1.23 bits per heavy atom. The smallest absolute Gasteiger partial charge is 0.262 e. The first-order valence-corrected chi connectivity index (χ1v) is 11.1. The van der Waals surface area contributed by atoms with E-state index in [1.807, 2.05) is 6.92 Å². The van der Waals surface area contributed by atoms with E-state index >= 15 is 0 Å². The van der Waals surface area contributed by atoms with Crippen LogP contribution in [0.1, 0.15) is 17.3 Å². The van der Waals surface area contributed by atoms with Crippen LogP contribution in [0.2, 0.25) is 5.02 Å². The first kappa shape index (κ1) is 20.5. The third-order valence-electron chi connectivity index (χ3n) is 4.84. The van der Waals surface area contributed by atoms with Crippen molar-refractivity contribution in [2.24, 2.45) is 0 Å². The summed E-state index contributed by atoms with van der Waals surface area (Å²) < 4.78 is 34.5. The largest absolute Gasteiger partial charge is 0.377 e. The Bertz CT molecular complexity index is 1210. The number of nitrogens with one attached hydrogen (secondary N) is 1. The number of benzene rings is 2. The third kappa shape index (κ3) is 3.96. The molecule has 2 aromatic carbocycles. The maximum absolute atomic E-state index is 13.3. The molecule has 0 aliphatic carbocycles.